The molecule has 0 aliphatic carbocycles. The lowest BCUT2D eigenvalue weighted by Gasteiger charge is -2.37. The van der Waals surface area contributed by atoms with Crippen LogP contribution in [0.4, 0.5) is 0 Å². The predicted molar refractivity (Wildman–Crippen MR) is 86.2 cm³/mol. The third-order valence-corrected chi connectivity index (χ3v) is 3.37. The van der Waals surface area contributed by atoms with Gasteiger partial charge in [0.25, 0.3) is 0 Å². The van der Waals surface area contributed by atoms with Gasteiger partial charge in [0.05, 0.1) is 19.3 Å². The molecule has 0 aliphatic rings. The Morgan fingerprint density at radius 1 is 1.10 bits per heavy atom. The largest absolute Gasteiger partial charge is 0.380 e. The second-order valence-electron chi connectivity index (χ2n) is 6.94. The van der Waals surface area contributed by atoms with Crippen LogP contribution in [0.15, 0.2) is 0 Å². The highest BCUT2D eigenvalue weighted by Gasteiger charge is 2.36. The minimum absolute atomic E-state index is 0.0717. The summed E-state index contributed by atoms with van der Waals surface area (Å²) >= 11 is 0. The van der Waals surface area contributed by atoms with Gasteiger partial charge in [-0.3, -0.25) is 4.79 Å². The van der Waals surface area contributed by atoms with Crippen LogP contribution in [-0.2, 0) is 14.3 Å². The van der Waals surface area contributed by atoms with Crippen LogP contribution in [-0.4, -0.2) is 55.9 Å². The fourth-order valence-electron chi connectivity index (χ4n) is 2.64. The highest BCUT2D eigenvalue weighted by atomic mass is 16.5. The third kappa shape index (κ3) is 7.79. The van der Waals surface area contributed by atoms with Gasteiger partial charge in [0.2, 0.25) is 5.91 Å². The second-order valence-corrected chi connectivity index (χ2v) is 6.94. The smallest absolute Gasteiger partial charge is 0.228 e. The summed E-state index contributed by atoms with van der Waals surface area (Å²) in [6.45, 7) is 13.9. The molecule has 2 N–H and O–H groups in total. The first-order chi connectivity index (χ1) is 9.55. The van der Waals surface area contributed by atoms with E-state index in [1.807, 2.05) is 48.6 Å². The van der Waals surface area contributed by atoms with Gasteiger partial charge < -0.3 is 20.1 Å². The number of hydrogen-bond donors (Lipinski definition) is 1. The number of likely N-dealkylation sites (N-methyl/N-ethyl adjacent to an activating group) is 1. The van der Waals surface area contributed by atoms with E-state index in [1.165, 1.54) is 0 Å². The Kier molecular flexibility index (Phi) is 8.44. The van der Waals surface area contributed by atoms with Gasteiger partial charge in [-0.25, -0.2) is 0 Å². The summed E-state index contributed by atoms with van der Waals surface area (Å²) < 4.78 is 11.0. The van der Waals surface area contributed by atoms with Crippen molar-refractivity contribution in [1.29, 1.82) is 0 Å². The summed E-state index contributed by atoms with van der Waals surface area (Å²) in [6, 6.07) is -0.0717. The summed E-state index contributed by atoms with van der Waals surface area (Å²) in [5.41, 5.74) is 5.19. The number of carbonyl (C=O) groups excluding carboxylic acids is 1. The number of amides is 1. The number of hydrogen-bond acceptors (Lipinski definition) is 4. The molecule has 0 spiro atoms. The van der Waals surface area contributed by atoms with Gasteiger partial charge in [0.1, 0.15) is 0 Å². The molecule has 0 aromatic rings. The zero-order valence-electron chi connectivity index (χ0n) is 14.9. The highest BCUT2D eigenvalue weighted by molar-refractivity contribution is 5.82. The highest BCUT2D eigenvalue weighted by Crippen LogP contribution is 2.29. The van der Waals surface area contributed by atoms with E-state index < -0.39 is 5.41 Å². The van der Waals surface area contributed by atoms with Crippen LogP contribution in [0.1, 0.15) is 48.0 Å². The van der Waals surface area contributed by atoms with E-state index in [0.717, 1.165) is 0 Å². The van der Waals surface area contributed by atoms with Crippen molar-refractivity contribution < 1.29 is 14.3 Å². The van der Waals surface area contributed by atoms with Crippen LogP contribution in [0, 0.1) is 5.41 Å². The number of nitrogens with zero attached hydrogens (tertiary/aromatic N) is 1. The molecule has 5 nitrogen and oxygen atoms in total. The van der Waals surface area contributed by atoms with Crippen LogP contribution in [0.3, 0.4) is 0 Å². The zero-order valence-corrected chi connectivity index (χ0v) is 14.9. The fourth-order valence-corrected chi connectivity index (χ4v) is 2.64. The molecule has 0 aliphatic heterocycles. The maximum Gasteiger partial charge on any atom is 0.228 e. The molecule has 0 rings (SSSR count). The number of ether oxygens (including phenoxy) is 2. The molecule has 0 saturated heterocycles. The molecule has 0 radical (unpaired) electrons. The molecule has 0 aromatic heterocycles. The molecule has 126 valence electrons. The normalized spacial score (nSPS) is 12.8. The maximum absolute atomic E-state index is 12.8. The van der Waals surface area contributed by atoms with Crippen molar-refractivity contribution in [2.24, 2.45) is 11.1 Å². The third-order valence-electron chi connectivity index (χ3n) is 3.37. The molecule has 5 heteroatoms. The van der Waals surface area contributed by atoms with E-state index in [2.05, 4.69) is 0 Å². The van der Waals surface area contributed by atoms with E-state index in [1.54, 1.807) is 4.90 Å². The first-order valence-corrected chi connectivity index (χ1v) is 7.76. The van der Waals surface area contributed by atoms with E-state index in [4.69, 9.17) is 15.2 Å². The van der Waals surface area contributed by atoms with E-state index in [9.17, 15) is 4.79 Å². The number of nitrogens with two attached hydrogens (primary N) is 1. The molecule has 0 heterocycles. The van der Waals surface area contributed by atoms with Gasteiger partial charge in [-0.1, -0.05) is 13.8 Å². The second kappa shape index (κ2) is 8.71. The van der Waals surface area contributed by atoms with Crippen LogP contribution in [0.2, 0.25) is 0 Å². The van der Waals surface area contributed by atoms with Crippen molar-refractivity contribution in [3.8, 4) is 0 Å². The van der Waals surface area contributed by atoms with Crippen LogP contribution >= 0.6 is 0 Å². The maximum atomic E-state index is 12.8. The van der Waals surface area contributed by atoms with Crippen molar-refractivity contribution in [3.63, 3.8) is 0 Å². The summed E-state index contributed by atoms with van der Waals surface area (Å²) in [5.74, 6) is 0.0745. The standard InChI is InChI=1S/C16H34N2O3/c1-8-20-10-13(11-21-9-2)18(7)14(19)15(3,4)12-16(5,6)17/h13H,8-12,17H2,1-7H3. The summed E-state index contributed by atoms with van der Waals surface area (Å²) in [5, 5.41) is 0. The predicted octanol–water partition coefficient (Wildman–Crippen LogP) is 2.04. The van der Waals surface area contributed by atoms with Gasteiger partial charge in [-0.15, -0.1) is 0 Å². The first-order valence-electron chi connectivity index (χ1n) is 7.76. The van der Waals surface area contributed by atoms with Gasteiger partial charge in [-0.05, 0) is 34.1 Å². The van der Waals surface area contributed by atoms with Gasteiger partial charge in [0, 0.05) is 31.2 Å². The van der Waals surface area contributed by atoms with E-state index in [-0.39, 0.29) is 17.5 Å². The molecule has 0 unspecified atom stereocenters. The molecule has 0 atom stereocenters. The lowest BCUT2D eigenvalue weighted by atomic mass is 9.79. The quantitative estimate of drug-likeness (QED) is 0.671. The average Bonchev–Trinajstić information content (AvgIpc) is 2.34. The molecule has 0 saturated carbocycles. The van der Waals surface area contributed by atoms with E-state index in [0.29, 0.717) is 32.8 Å². The van der Waals surface area contributed by atoms with Crippen molar-refractivity contribution >= 4 is 5.91 Å². The van der Waals surface area contributed by atoms with Crippen molar-refractivity contribution in [3.05, 3.63) is 0 Å². The van der Waals surface area contributed by atoms with Crippen molar-refractivity contribution in [1.82, 2.24) is 4.90 Å². The monoisotopic (exact) mass is 302 g/mol. The summed E-state index contributed by atoms with van der Waals surface area (Å²) in [7, 11) is 1.82. The molecule has 21 heavy (non-hydrogen) atoms. The Bertz CT molecular complexity index is 303. The lowest BCUT2D eigenvalue weighted by molar-refractivity contribution is -0.145. The minimum Gasteiger partial charge on any atom is -0.380 e. The summed E-state index contributed by atoms with van der Waals surface area (Å²) in [4.78, 5) is 14.5. The van der Waals surface area contributed by atoms with Gasteiger partial charge in [-0.2, -0.15) is 0 Å². The molecular weight excluding hydrogens is 268 g/mol. The fraction of sp³-hybridized carbons (Fsp3) is 0.938. The SMILES string of the molecule is CCOCC(COCC)N(C)C(=O)C(C)(C)CC(C)(C)N. The number of rotatable bonds is 10. The molecular formula is C16H34N2O3. The van der Waals surface area contributed by atoms with Crippen molar-refractivity contribution in [2.75, 3.05) is 33.5 Å². The van der Waals surface area contributed by atoms with Crippen LogP contribution in [0.5, 0.6) is 0 Å². The summed E-state index contributed by atoms with van der Waals surface area (Å²) in [6.07, 6.45) is 0.624. The Hall–Kier alpha value is -0.650. The minimum atomic E-state index is -0.510. The molecule has 1 amide bonds. The zero-order chi connectivity index (χ0) is 16.7. The Morgan fingerprint density at radius 2 is 1.52 bits per heavy atom. The van der Waals surface area contributed by atoms with Gasteiger partial charge >= 0.3 is 0 Å². The Labute approximate surface area is 130 Å². The van der Waals surface area contributed by atoms with Crippen LogP contribution < -0.4 is 5.73 Å². The van der Waals surface area contributed by atoms with Crippen LogP contribution in [0.25, 0.3) is 0 Å². The van der Waals surface area contributed by atoms with Crippen molar-refractivity contribution in [2.45, 2.75) is 59.5 Å². The van der Waals surface area contributed by atoms with Gasteiger partial charge in [0.15, 0.2) is 0 Å². The topological polar surface area (TPSA) is 64.8 Å². The lowest BCUT2D eigenvalue weighted by Crippen LogP contribution is -2.51. The van der Waals surface area contributed by atoms with E-state index >= 15 is 0 Å². The Balaban J connectivity index is 4.87. The molecule has 0 fully saturated rings. The molecule has 0 aromatic carbocycles. The molecule has 0 bridgehead atoms. The first kappa shape index (κ1) is 20.3. The Morgan fingerprint density at radius 3 is 1.86 bits per heavy atom. The number of carbonyl (C=O) groups is 1. The average molecular weight is 302 g/mol.